The van der Waals surface area contributed by atoms with E-state index in [0.717, 1.165) is 27.2 Å². The zero-order chi connectivity index (χ0) is 13.8. The molecule has 0 fully saturated rings. The van der Waals surface area contributed by atoms with Crippen molar-refractivity contribution in [1.82, 2.24) is 4.98 Å². The van der Waals surface area contributed by atoms with Crippen molar-refractivity contribution in [1.29, 1.82) is 0 Å². The van der Waals surface area contributed by atoms with Crippen LogP contribution in [0.3, 0.4) is 0 Å². The minimum Gasteiger partial charge on any atom is -0.396 e. The van der Waals surface area contributed by atoms with Crippen LogP contribution in [-0.4, -0.2) is 27.4 Å². The number of aromatic nitrogens is 1. The normalized spacial score (nSPS) is 10.8. The highest BCUT2D eigenvalue weighted by Gasteiger charge is 2.11. The Hall–Kier alpha value is -1.66. The monoisotopic (exact) mass is 278 g/mol. The SMILES string of the molecule is Cc1cc(SCCCO)c2cc([N+](=O)[O-])ccc2n1. The van der Waals surface area contributed by atoms with E-state index in [2.05, 4.69) is 4.98 Å². The van der Waals surface area contributed by atoms with Gasteiger partial charge >= 0.3 is 0 Å². The summed E-state index contributed by atoms with van der Waals surface area (Å²) in [6.45, 7) is 2.05. The summed E-state index contributed by atoms with van der Waals surface area (Å²) >= 11 is 1.59. The molecular weight excluding hydrogens is 264 g/mol. The highest BCUT2D eigenvalue weighted by Crippen LogP contribution is 2.30. The molecule has 0 aliphatic rings. The number of hydrogen-bond acceptors (Lipinski definition) is 5. The summed E-state index contributed by atoms with van der Waals surface area (Å²) in [4.78, 5) is 15.8. The Bertz CT molecular complexity index is 616. The zero-order valence-corrected chi connectivity index (χ0v) is 11.3. The van der Waals surface area contributed by atoms with Crippen LogP contribution < -0.4 is 0 Å². The van der Waals surface area contributed by atoms with Gasteiger partial charge in [-0.2, -0.15) is 0 Å². The number of fused-ring (bicyclic) bond motifs is 1. The van der Waals surface area contributed by atoms with Crippen molar-refractivity contribution in [3.8, 4) is 0 Å². The lowest BCUT2D eigenvalue weighted by molar-refractivity contribution is -0.384. The van der Waals surface area contributed by atoms with Gasteiger partial charge in [-0.25, -0.2) is 0 Å². The van der Waals surface area contributed by atoms with Gasteiger partial charge in [-0.1, -0.05) is 0 Å². The molecule has 5 nitrogen and oxygen atoms in total. The predicted octanol–water partition coefficient (Wildman–Crippen LogP) is 2.93. The van der Waals surface area contributed by atoms with Gasteiger partial charge in [0.1, 0.15) is 0 Å². The fourth-order valence-corrected chi connectivity index (χ4v) is 2.85. The maximum absolute atomic E-state index is 10.8. The molecule has 0 aliphatic heterocycles. The van der Waals surface area contributed by atoms with Gasteiger partial charge in [0, 0.05) is 40.5 Å². The lowest BCUT2D eigenvalue weighted by Crippen LogP contribution is -1.92. The quantitative estimate of drug-likeness (QED) is 0.394. The molecular formula is C13H14N2O3S. The molecule has 0 bridgehead atoms. The van der Waals surface area contributed by atoms with Crippen LogP contribution in [0.15, 0.2) is 29.2 Å². The van der Waals surface area contributed by atoms with Crippen LogP contribution in [0.1, 0.15) is 12.1 Å². The Morgan fingerprint density at radius 1 is 1.42 bits per heavy atom. The van der Waals surface area contributed by atoms with Gasteiger partial charge in [0.05, 0.1) is 10.4 Å². The number of hydrogen-bond donors (Lipinski definition) is 1. The first-order chi connectivity index (χ1) is 9.11. The Morgan fingerprint density at radius 3 is 2.89 bits per heavy atom. The second-order valence-electron chi connectivity index (χ2n) is 4.15. The zero-order valence-electron chi connectivity index (χ0n) is 10.5. The van der Waals surface area contributed by atoms with Gasteiger partial charge in [-0.3, -0.25) is 15.1 Å². The average molecular weight is 278 g/mol. The van der Waals surface area contributed by atoms with E-state index in [1.54, 1.807) is 23.9 Å². The average Bonchev–Trinajstić information content (AvgIpc) is 2.38. The molecule has 0 unspecified atom stereocenters. The van der Waals surface area contributed by atoms with Crippen LogP contribution in [0.2, 0.25) is 0 Å². The summed E-state index contributed by atoms with van der Waals surface area (Å²) in [5.74, 6) is 0.776. The van der Waals surface area contributed by atoms with Crippen LogP contribution in [0.4, 0.5) is 5.69 Å². The first-order valence-corrected chi connectivity index (χ1v) is 6.90. The summed E-state index contributed by atoms with van der Waals surface area (Å²) in [6.07, 6.45) is 0.697. The van der Waals surface area contributed by atoms with Crippen molar-refractivity contribution in [3.63, 3.8) is 0 Å². The van der Waals surface area contributed by atoms with Crippen molar-refractivity contribution in [3.05, 3.63) is 40.1 Å². The van der Waals surface area contributed by atoms with Crippen LogP contribution in [0, 0.1) is 17.0 Å². The van der Waals surface area contributed by atoms with Crippen molar-refractivity contribution >= 4 is 28.4 Å². The fraction of sp³-hybridized carbons (Fsp3) is 0.308. The minimum atomic E-state index is -0.401. The van der Waals surface area contributed by atoms with Crippen molar-refractivity contribution in [2.24, 2.45) is 0 Å². The molecule has 1 aromatic carbocycles. The van der Waals surface area contributed by atoms with Gasteiger partial charge in [-0.05, 0) is 25.5 Å². The van der Waals surface area contributed by atoms with E-state index in [1.807, 2.05) is 13.0 Å². The maximum Gasteiger partial charge on any atom is 0.270 e. The third kappa shape index (κ3) is 3.21. The molecule has 1 aromatic heterocycles. The topological polar surface area (TPSA) is 76.3 Å². The molecule has 0 aliphatic carbocycles. The molecule has 19 heavy (non-hydrogen) atoms. The number of nitro groups is 1. The van der Waals surface area contributed by atoms with Crippen molar-refractivity contribution in [2.75, 3.05) is 12.4 Å². The van der Waals surface area contributed by atoms with Crippen LogP contribution in [0.25, 0.3) is 10.9 Å². The molecule has 0 spiro atoms. The first-order valence-electron chi connectivity index (χ1n) is 5.91. The molecule has 100 valence electrons. The first kappa shape index (κ1) is 13.8. The number of pyridine rings is 1. The molecule has 0 saturated heterocycles. The van der Waals surface area contributed by atoms with E-state index in [1.165, 1.54) is 6.07 Å². The molecule has 2 rings (SSSR count). The van der Waals surface area contributed by atoms with Crippen molar-refractivity contribution < 1.29 is 10.0 Å². The Kier molecular flexibility index (Phi) is 4.34. The second-order valence-corrected chi connectivity index (χ2v) is 5.28. The number of aryl methyl sites for hydroxylation is 1. The minimum absolute atomic E-state index is 0.0714. The number of benzene rings is 1. The van der Waals surface area contributed by atoms with E-state index in [-0.39, 0.29) is 12.3 Å². The van der Waals surface area contributed by atoms with E-state index in [9.17, 15) is 10.1 Å². The van der Waals surface area contributed by atoms with Crippen LogP contribution in [0.5, 0.6) is 0 Å². The largest absolute Gasteiger partial charge is 0.396 e. The molecule has 6 heteroatoms. The molecule has 1 heterocycles. The molecule has 0 radical (unpaired) electrons. The lowest BCUT2D eigenvalue weighted by atomic mass is 10.2. The Labute approximate surface area is 114 Å². The number of thioether (sulfide) groups is 1. The molecule has 2 aromatic rings. The van der Waals surface area contributed by atoms with Gasteiger partial charge in [0.25, 0.3) is 5.69 Å². The summed E-state index contributed by atoms with van der Waals surface area (Å²) in [5, 5.41) is 20.4. The third-order valence-electron chi connectivity index (χ3n) is 2.65. The lowest BCUT2D eigenvalue weighted by Gasteiger charge is -2.07. The van der Waals surface area contributed by atoms with Crippen LogP contribution >= 0.6 is 11.8 Å². The number of rotatable bonds is 5. The fourth-order valence-electron chi connectivity index (χ4n) is 1.79. The predicted molar refractivity (Wildman–Crippen MR) is 75.6 cm³/mol. The molecule has 1 N–H and O–H groups in total. The smallest absolute Gasteiger partial charge is 0.270 e. The van der Waals surface area contributed by atoms with Gasteiger partial charge in [-0.15, -0.1) is 11.8 Å². The number of aliphatic hydroxyl groups excluding tert-OH is 1. The Morgan fingerprint density at radius 2 is 2.21 bits per heavy atom. The Balaban J connectivity index is 2.46. The second kappa shape index (κ2) is 5.99. The van der Waals surface area contributed by atoms with Crippen LogP contribution in [-0.2, 0) is 0 Å². The molecule has 0 saturated carbocycles. The van der Waals surface area contributed by atoms with E-state index in [4.69, 9.17) is 5.11 Å². The van der Waals surface area contributed by atoms with Gasteiger partial charge in [0.2, 0.25) is 0 Å². The van der Waals surface area contributed by atoms with Crippen molar-refractivity contribution in [2.45, 2.75) is 18.2 Å². The maximum atomic E-state index is 10.8. The summed E-state index contributed by atoms with van der Waals surface area (Å²) in [7, 11) is 0. The summed E-state index contributed by atoms with van der Waals surface area (Å²) in [6, 6.07) is 6.63. The van der Waals surface area contributed by atoms with E-state index >= 15 is 0 Å². The highest BCUT2D eigenvalue weighted by molar-refractivity contribution is 7.99. The number of aliphatic hydroxyl groups is 1. The molecule has 0 atom stereocenters. The van der Waals surface area contributed by atoms with Gasteiger partial charge < -0.3 is 5.11 Å². The highest BCUT2D eigenvalue weighted by atomic mass is 32.2. The summed E-state index contributed by atoms with van der Waals surface area (Å²) in [5.41, 5.74) is 1.71. The standard InChI is InChI=1S/C13H14N2O3S/c1-9-7-13(19-6-2-5-16)11-8-10(15(17)18)3-4-12(11)14-9/h3-4,7-8,16H,2,5-6H2,1H3. The summed E-state index contributed by atoms with van der Waals surface area (Å²) < 4.78 is 0. The van der Waals surface area contributed by atoms with E-state index < -0.39 is 4.92 Å². The van der Waals surface area contributed by atoms with E-state index in [0.29, 0.717) is 6.42 Å². The number of non-ortho nitro benzene ring substituents is 1. The third-order valence-corrected chi connectivity index (χ3v) is 3.79. The number of nitrogens with zero attached hydrogens (tertiary/aromatic N) is 2. The number of nitro benzene ring substituents is 1. The van der Waals surface area contributed by atoms with Gasteiger partial charge in [0.15, 0.2) is 0 Å². The molecule has 0 amide bonds.